The van der Waals surface area contributed by atoms with Crippen molar-refractivity contribution in [1.29, 1.82) is 0 Å². The number of Topliss-reactive ketones (excluding diaryl/α,β-unsaturated/α-hetero) is 1. The fraction of sp³-hybridized carbons (Fsp3) is 0.182. The molecule has 0 saturated heterocycles. The smallest absolute Gasteiger partial charge is 0.341 e. The standard InChI is InChI=1S/C11H9NO4/c1-6(13)10-12-8-5-3-4-7(9(8)16-10)11(14)15-2/h3-5H,1-2H3. The van der Waals surface area contributed by atoms with Crippen LogP contribution in [-0.2, 0) is 4.74 Å². The Morgan fingerprint density at radius 3 is 2.75 bits per heavy atom. The van der Waals surface area contributed by atoms with E-state index in [9.17, 15) is 9.59 Å². The number of hydrogen-bond donors (Lipinski definition) is 0. The van der Waals surface area contributed by atoms with E-state index < -0.39 is 5.97 Å². The second-order valence-corrected chi connectivity index (χ2v) is 3.22. The summed E-state index contributed by atoms with van der Waals surface area (Å²) in [4.78, 5) is 26.5. The summed E-state index contributed by atoms with van der Waals surface area (Å²) < 4.78 is 9.82. The maximum absolute atomic E-state index is 11.4. The fourth-order valence-corrected chi connectivity index (χ4v) is 1.37. The first kappa shape index (κ1) is 10.4. The van der Waals surface area contributed by atoms with Gasteiger partial charge < -0.3 is 9.15 Å². The Labute approximate surface area is 91.0 Å². The number of methoxy groups -OCH3 is 1. The first-order chi connectivity index (χ1) is 7.63. The quantitative estimate of drug-likeness (QED) is 0.569. The lowest BCUT2D eigenvalue weighted by atomic mass is 10.2. The molecule has 0 fully saturated rings. The van der Waals surface area contributed by atoms with Crippen molar-refractivity contribution in [2.24, 2.45) is 0 Å². The topological polar surface area (TPSA) is 69.4 Å². The Balaban J connectivity index is 2.67. The predicted octanol–water partition coefficient (Wildman–Crippen LogP) is 1.82. The maximum atomic E-state index is 11.4. The zero-order valence-electron chi connectivity index (χ0n) is 8.81. The summed E-state index contributed by atoms with van der Waals surface area (Å²) in [5, 5.41) is 0. The number of nitrogens with zero attached hydrogens (tertiary/aromatic N) is 1. The van der Waals surface area contributed by atoms with E-state index in [4.69, 9.17) is 4.42 Å². The highest BCUT2D eigenvalue weighted by molar-refractivity contribution is 6.02. The van der Waals surface area contributed by atoms with E-state index >= 15 is 0 Å². The molecular weight excluding hydrogens is 210 g/mol. The summed E-state index contributed by atoms with van der Waals surface area (Å²) in [5.74, 6) is -0.810. The number of carbonyl (C=O) groups excluding carboxylic acids is 2. The number of rotatable bonds is 2. The highest BCUT2D eigenvalue weighted by Crippen LogP contribution is 2.20. The number of para-hydroxylation sites is 1. The van der Waals surface area contributed by atoms with Crippen LogP contribution >= 0.6 is 0 Å². The molecule has 0 aliphatic rings. The minimum Gasteiger partial charge on any atom is -0.465 e. The summed E-state index contributed by atoms with van der Waals surface area (Å²) in [6.07, 6.45) is 0. The fourth-order valence-electron chi connectivity index (χ4n) is 1.37. The summed E-state index contributed by atoms with van der Waals surface area (Å²) in [7, 11) is 1.28. The molecule has 0 aliphatic carbocycles. The van der Waals surface area contributed by atoms with Gasteiger partial charge in [0.25, 0.3) is 5.89 Å². The minimum absolute atomic E-state index is 0.00801. The van der Waals surface area contributed by atoms with Crippen molar-refractivity contribution in [3.63, 3.8) is 0 Å². The molecule has 82 valence electrons. The van der Waals surface area contributed by atoms with Gasteiger partial charge in [-0.25, -0.2) is 9.78 Å². The van der Waals surface area contributed by atoms with E-state index in [1.807, 2.05) is 0 Å². The SMILES string of the molecule is COC(=O)c1cccc2nc(C(C)=O)oc12. The zero-order chi connectivity index (χ0) is 11.7. The van der Waals surface area contributed by atoms with E-state index in [1.54, 1.807) is 18.2 Å². The van der Waals surface area contributed by atoms with Crippen LogP contribution in [0.5, 0.6) is 0 Å². The molecule has 16 heavy (non-hydrogen) atoms. The Hall–Kier alpha value is -2.17. The molecule has 0 atom stereocenters. The Bertz CT molecular complexity index is 570. The largest absolute Gasteiger partial charge is 0.465 e. The molecule has 2 aromatic rings. The summed E-state index contributed by atoms with van der Waals surface area (Å²) in [5.41, 5.74) is 1.01. The van der Waals surface area contributed by atoms with Crippen LogP contribution < -0.4 is 0 Å². The molecule has 1 heterocycles. The summed E-state index contributed by atoms with van der Waals surface area (Å²) in [6, 6.07) is 4.88. The maximum Gasteiger partial charge on any atom is 0.341 e. The zero-order valence-corrected chi connectivity index (χ0v) is 8.81. The third-order valence-electron chi connectivity index (χ3n) is 2.12. The predicted molar refractivity (Wildman–Crippen MR) is 55.4 cm³/mol. The van der Waals surface area contributed by atoms with Crippen molar-refractivity contribution in [1.82, 2.24) is 4.98 Å². The number of hydrogen-bond acceptors (Lipinski definition) is 5. The molecule has 0 N–H and O–H groups in total. The monoisotopic (exact) mass is 219 g/mol. The molecule has 5 heteroatoms. The van der Waals surface area contributed by atoms with Crippen molar-refractivity contribution >= 4 is 22.9 Å². The van der Waals surface area contributed by atoms with Gasteiger partial charge in [0.1, 0.15) is 11.1 Å². The highest BCUT2D eigenvalue weighted by atomic mass is 16.5. The van der Waals surface area contributed by atoms with E-state index in [0.717, 1.165) is 0 Å². The molecule has 0 amide bonds. The number of carbonyl (C=O) groups is 2. The molecule has 0 saturated carbocycles. The van der Waals surface area contributed by atoms with Crippen molar-refractivity contribution in [2.75, 3.05) is 7.11 Å². The summed E-state index contributed by atoms with van der Waals surface area (Å²) in [6.45, 7) is 1.35. The Morgan fingerprint density at radius 1 is 1.38 bits per heavy atom. The van der Waals surface area contributed by atoms with Gasteiger partial charge in [0.2, 0.25) is 5.78 Å². The normalized spacial score (nSPS) is 10.4. The lowest BCUT2D eigenvalue weighted by molar-refractivity contribution is 0.0601. The number of ketones is 1. The number of ether oxygens (including phenoxy) is 1. The van der Waals surface area contributed by atoms with Gasteiger partial charge in [0.15, 0.2) is 5.58 Å². The summed E-state index contributed by atoms with van der Waals surface area (Å²) >= 11 is 0. The number of esters is 1. The van der Waals surface area contributed by atoms with Crippen molar-refractivity contribution in [3.05, 3.63) is 29.7 Å². The highest BCUT2D eigenvalue weighted by Gasteiger charge is 2.17. The van der Waals surface area contributed by atoms with Gasteiger partial charge in [-0.2, -0.15) is 0 Å². The lowest BCUT2D eigenvalue weighted by Crippen LogP contribution is -2.00. The number of aromatic nitrogens is 1. The molecule has 0 aliphatic heterocycles. The van der Waals surface area contributed by atoms with E-state index in [2.05, 4.69) is 9.72 Å². The van der Waals surface area contributed by atoms with Gasteiger partial charge in [-0.1, -0.05) is 6.07 Å². The Morgan fingerprint density at radius 2 is 2.12 bits per heavy atom. The van der Waals surface area contributed by atoms with Crippen LogP contribution in [0.3, 0.4) is 0 Å². The number of oxazole rings is 1. The average Bonchev–Trinajstić information content (AvgIpc) is 2.71. The van der Waals surface area contributed by atoms with E-state index in [1.165, 1.54) is 14.0 Å². The van der Waals surface area contributed by atoms with Gasteiger partial charge in [-0.3, -0.25) is 4.79 Å². The van der Waals surface area contributed by atoms with Gasteiger partial charge in [-0.15, -0.1) is 0 Å². The second-order valence-electron chi connectivity index (χ2n) is 3.22. The van der Waals surface area contributed by atoms with Crippen LogP contribution in [0.25, 0.3) is 11.1 Å². The molecule has 2 rings (SSSR count). The van der Waals surface area contributed by atoms with Gasteiger partial charge in [-0.05, 0) is 12.1 Å². The molecule has 0 unspecified atom stereocenters. The van der Waals surface area contributed by atoms with E-state index in [0.29, 0.717) is 5.52 Å². The van der Waals surface area contributed by atoms with Crippen LogP contribution in [-0.4, -0.2) is 23.8 Å². The van der Waals surface area contributed by atoms with Gasteiger partial charge in [0, 0.05) is 6.92 Å². The van der Waals surface area contributed by atoms with Crippen LogP contribution in [0.2, 0.25) is 0 Å². The lowest BCUT2D eigenvalue weighted by Gasteiger charge is -1.97. The molecule has 1 aromatic heterocycles. The second kappa shape index (κ2) is 3.77. The third-order valence-corrected chi connectivity index (χ3v) is 2.12. The van der Waals surface area contributed by atoms with Crippen LogP contribution in [0.4, 0.5) is 0 Å². The average molecular weight is 219 g/mol. The van der Waals surface area contributed by atoms with Crippen LogP contribution in [0, 0.1) is 0 Å². The van der Waals surface area contributed by atoms with Crippen molar-refractivity contribution in [2.45, 2.75) is 6.92 Å². The third kappa shape index (κ3) is 1.56. The van der Waals surface area contributed by atoms with Crippen LogP contribution in [0.15, 0.2) is 22.6 Å². The number of benzene rings is 1. The van der Waals surface area contributed by atoms with Gasteiger partial charge >= 0.3 is 5.97 Å². The minimum atomic E-state index is -0.517. The molecule has 5 nitrogen and oxygen atoms in total. The number of fused-ring (bicyclic) bond motifs is 1. The first-order valence-electron chi connectivity index (χ1n) is 4.62. The van der Waals surface area contributed by atoms with Gasteiger partial charge in [0.05, 0.1) is 7.11 Å². The van der Waals surface area contributed by atoms with Crippen molar-refractivity contribution < 1.29 is 18.7 Å². The van der Waals surface area contributed by atoms with Crippen LogP contribution in [0.1, 0.15) is 28.0 Å². The van der Waals surface area contributed by atoms with Crippen molar-refractivity contribution in [3.8, 4) is 0 Å². The Kier molecular flexibility index (Phi) is 2.44. The van der Waals surface area contributed by atoms with E-state index in [-0.39, 0.29) is 22.8 Å². The molecule has 0 radical (unpaired) electrons. The molecular formula is C11H9NO4. The molecule has 1 aromatic carbocycles. The first-order valence-corrected chi connectivity index (χ1v) is 4.62. The molecule has 0 bridgehead atoms. The molecule has 0 spiro atoms.